The average Bonchev–Trinajstić information content (AvgIpc) is 2.57. The van der Waals surface area contributed by atoms with E-state index < -0.39 is 0 Å². The van der Waals surface area contributed by atoms with E-state index in [9.17, 15) is 0 Å². The van der Waals surface area contributed by atoms with E-state index >= 15 is 0 Å². The van der Waals surface area contributed by atoms with E-state index in [1.54, 1.807) is 0 Å². The van der Waals surface area contributed by atoms with Gasteiger partial charge in [0.05, 0.1) is 0 Å². The normalized spacial score (nSPS) is 20.5. The first-order valence-corrected chi connectivity index (χ1v) is 8.89. The van der Waals surface area contributed by atoms with Crippen molar-refractivity contribution in [1.29, 1.82) is 0 Å². The summed E-state index contributed by atoms with van der Waals surface area (Å²) >= 11 is 0. The third-order valence-corrected chi connectivity index (χ3v) is 5.47. The lowest BCUT2D eigenvalue weighted by Gasteiger charge is -2.37. The molecular weight excluding hydrogens is 327 g/mol. The van der Waals surface area contributed by atoms with Crippen molar-refractivity contribution in [2.24, 2.45) is 11.8 Å². The second kappa shape index (κ2) is 11.3. The lowest BCUT2D eigenvalue weighted by molar-refractivity contribution is 0.130. The summed E-state index contributed by atoms with van der Waals surface area (Å²) in [4.78, 5) is 2.69. The lowest BCUT2D eigenvalue weighted by Crippen LogP contribution is -2.39. The van der Waals surface area contributed by atoms with Gasteiger partial charge in [0.2, 0.25) is 0 Å². The van der Waals surface area contributed by atoms with Crippen LogP contribution in [0.5, 0.6) is 0 Å². The molecule has 0 aromatic heterocycles. The van der Waals surface area contributed by atoms with Gasteiger partial charge in [0, 0.05) is 0 Å². The maximum Gasteiger partial charge on any atom is -0.00156 e. The van der Waals surface area contributed by atoms with Crippen LogP contribution in [0.25, 0.3) is 0 Å². The van der Waals surface area contributed by atoms with Gasteiger partial charge in [0.1, 0.15) is 0 Å². The van der Waals surface area contributed by atoms with Gasteiger partial charge in [-0.15, -0.1) is 24.8 Å². The molecule has 0 saturated carbocycles. The molecule has 1 N–H and O–H groups in total. The molecule has 3 rings (SSSR count). The average molecular weight is 359 g/mol. The first kappa shape index (κ1) is 20.8. The van der Waals surface area contributed by atoms with Crippen LogP contribution >= 0.6 is 24.8 Å². The molecule has 0 atom stereocenters. The summed E-state index contributed by atoms with van der Waals surface area (Å²) in [5.74, 6) is 2.02. The molecule has 23 heavy (non-hydrogen) atoms. The van der Waals surface area contributed by atoms with Crippen molar-refractivity contribution < 1.29 is 0 Å². The second-order valence-electron chi connectivity index (χ2n) is 6.86. The standard InChI is InChI=1S/C19H30N2.2ClH/c1-2-5-17(6-3-1)7-4-14-21-15-10-19(11-16-21)18-8-12-20-13-9-18;;/h1-3,5-6,18-20H,4,7-16H2;2*1H. The van der Waals surface area contributed by atoms with Gasteiger partial charge in [0.15, 0.2) is 0 Å². The molecule has 0 bridgehead atoms. The first-order chi connectivity index (χ1) is 10.4. The molecule has 2 aliphatic heterocycles. The van der Waals surface area contributed by atoms with E-state index in [2.05, 4.69) is 40.5 Å². The Bertz CT molecular complexity index is 399. The molecule has 0 radical (unpaired) electrons. The molecule has 1 aromatic rings. The maximum atomic E-state index is 3.50. The fraction of sp³-hybridized carbons (Fsp3) is 0.684. The number of piperidine rings is 2. The van der Waals surface area contributed by atoms with Crippen LogP contribution in [-0.2, 0) is 6.42 Å². The summed E-state index contributed by atoms with van der Waals surface area (Å²) in [6.07, 6.45) is 8.25. The van der Waals surface area contributed by atoms with Crippen LogP contribution in [0.15, 0.2) is 30.3 Å². The molecule has 0 spiro atoms. The van der Waals surface area contributed by atoms with Crippen molar-refractivity contribution in [1.82, 2.24) is 10.2 Å². The minimum absolute atomic E-state index is 0. The van der Waals surface area contributed by atoms with Crippen molar-refractivity contribution >= 4 is 24.8 Å². The fourth-order valence-electron chi connectivity index (χ4n) is 4.12. The third-order valence-electron chi connectivity index (χ3n) is 5.47. The largest absolute Gasteiger partial charge is 0.317 e. The highest BCUT2D eigenvalue weighted by molar-refractivity contribution is 5.85. The SMILES string of the molecule is Cl.Cl.c1ccc(CCCN2CCC(C3CCNCC3)CC2)cc1. The van der Waals surface area contributed by atoms with Gasteiger partial charge >= 0.3 is 0 Å². The number of hydrogen-bond donors (Lipinski definition) is 1. The van der Waals surface area contributed by atoms with Gasteiger partial charge in [-0.2, -0.15) is 0 Å². The summed E-state index contributed by atoms with van der Waals surface area (Å²) < 4.78 is 0. The van der Waals surface area contributed by atoms with Crippen LogP contribution in [0.4, 0.5) is 0 Å². The third kappa shape index (κ3) is 6.62. The van der Waals surface area contributed by atoms with Crippen LogP contribution in [-0.4, -0.2) is 37.6 Å². The van der Waals surface area contributed by atoms with Gasteiger partial charge in [-0.3, -0.25) is 0 Å². The van der Waals surface area contributed by atoms with Crippen molar-refractivity contribution in [2.75, 3.05) is 32.7 Å². The maximum absolute atomic E-state index is 3.50. The molecule has 2 fully saturated rings. The number of aryl methyl sites for hydroxylation is 1. The Morgan fingerprint density at radius 3 is 2.13 bits per heavy atom. The van der Waals surface area contributed by atoms with Gasteiger partial charge in [-0.05, 0) is 88.6 Å². The van der Waals surface area contributed by atoms with Crippen LogP contribution in [0, 0.1) is 11.8 Å². The number of likely N-dealkylation sites (tertiary alicyclic amines) is 1. The molecule has 1 aromatic carbocycles. The minimum atomic E-state index is 0. The van der Waals surface area contributed by atoms with Crippen LogP contribution in [0.3, 0.4) is 0 Å². The second-order valence-corrected chi connectivity index (χ2v) is 6.86. The summed E-state index contributed by atoms with van der Waals surface area (Å²) in [6.45, 7) is 6.46. The van der Waals surface area contributed by atoms with E-state index in [-0.39, 0.29) is 24.8 Å². The number of benzene rings is 1. The number of nitrogens with one attached hydrogen (secondary N) is 1. The number of rotatable bonds is 5. The van der Waals surface area contributed by atoms with Crippen molar-refractivity contribution in [2.45, 2.75) is 38.5 Å². The van der Waals surface area contributed by atoms with Crippen LogP contribution < -0.4 is 5.32 Å². The number of halogens is 2. The zero-order chi connectivity index (χ0) is 14.3. The van der Waals surface area contributed by atoms with Crippen LogP contribution in [0.1, 0.15) is 37.7 Å². The highest BCUT2D eigenvalue weighted by Crippen LogP contribution is 2.30. The highest BCUT2D eigenvalue weighted by atomic mass is 35.5. The monoisotopic (exact) mass is 358 g/mol. The molecule has 2 aliphatic rings. The smallest absolute Gasteiger partial charge is 0.00156 e. The lowest BCUT2D eigenvalue weighted by atomic mass is 9.79. The minimum Gasteiger partial charge on any atom is -0.317 e. The Hall–Kier alpha value is -0.280. The summed E-state index contributed by atoms with van der Waals surface area (Å²) in [5.41, 5.74) is 1.49. The van der Waals surface area contributed by atoms with Gasteiger partial charge in [-0.1, -0.05) is 30.3 Å². The van der Waals surface area contributed by atoms with Crippen molar-refractivity contribution in [3.63, 3.8) is 0 Å². The molecule has 2 saturated heterocycles. The van der Waals surface area contributed by atoms with Crippen molar-refractivity contribution in [3.8, 4) is 0 Å². The topological polar surface area (TPSA) is 15.3 Å². The van der Waals surface area contributed by atoms with Crippen LogP contribution in [0.2, 0.25) is 0 Å². The predicted molar refractivity (Wildman–Crippen MR) is 104 cm³/mol. The molecule has 2 heterocycles. The molecule has 132 valence electrons. The number of hydrogen-bond acceptors (Lipinski definition) is 2. The Balaban J connectivity index is 0.00000132. The summed E-state index contributed by atoms with van der Waals surface area (Å²) in [7, 11) is 0. The molecule has 0 amide bonds. The highest BCUT2D eigenvalue weighted by Gasteiger charge is 2.27. The molecule has 0 aliphatic carbocycles. The van der Waals surface area contributed by atoms with Crippen molar-refractivity contribution in [3.05, 3.63) is 35.9 Å². The van der Waals surface area contributed by atoms with Gasteiger partial charge in [0.25, 0.3) is 0 Å². The predicted octanol–water partition coefficient (Wildman–Crippen LogP) is 4.17. The number of nitrogens with zero attached hydrogens (tertiary/aromatic N) is 1. The Kier molecular flexibility index (Phi) is 10.2. The zero-order valence-electron chi connectivity index (χ0n) is 14.1. The van der Waals surface area contributed by atoms with E-state index in [1.165, 1.54) is 76.8 Å². The van der Waals surface area contributed by atoms with E-state index in [4.69, 9.17) is 0 Å². The van der Waals surface area contributed by atoms with Gasteiger partial charge < -0.3 is 10.2 Å². The zero-order valence-corrected chi connectivity index (χ0v) is 15.7. The Morgan fingerprint density at radius 1 is 0.870 bits per heavy atom. The van der Waals surface area contributed by atoms with Gasteiger partial charge in [-0.25, -0.2) is 0 Å². The molecule has 2 nitrogen and oxygen atoms in total. The Labute approximate surface area is 154 Å². The quantitative estimate of drug-likeness (QED) is 0.849. The molecular formula is C19H32Cl2N2. The molecule has 0 unspecified atom stereocenters. The van der Waals surface area contributed by atoms with E-state index in [0.29, 0.717) is 0 Å². The summed E-state index contributed by atoms with van der Waals surface area (Å²) in [5, 5.41) is 3.50. The molecule has 4 heteroatoms. The van der Waals surface area contributed by atoms with E-state index in [1.807, 2.05) is 0 Å². The fourth-order valence-corrected chi connectivity index (χ4v) is 4.12. The first-order valence-electron chi connectivity index (χ1n) is 8.89. The summed E-state index contributed by atoms with van der Waals surface area (Å²) in [6, 6.07) is 10.9. The van der Waals surface area contributed by atoms with E-state index in [0.717, 1.165) is 11.8 Å². The Morgan fingerprint density at radius 2 is 1.48 bits per heavy atom.